The van der Waals surface area contributed by atoms with Crippen molar-refractivity contribution in [2.45, 2.75) is 0 Å². The van der Waals surface area contributed by atoms with Crippen molar-refractivity contribution in [2.24, 2.45) is 4.99 Å². The Kier molecular flexibility index (Phi) is 6.74. The zero-order valence-electron chi connectivity index (χ0n) is 17.3. The normalized spacial score (nSPS) is 16.7. The van der Waals surface area contributed by atoms with Gasteiger partial charge in [-0.05, 0) is 59.8 Å². The van der Waals surface area contributed by atoms with Crippen LogP contribution in [-0.2, 0) is 9.53 Å². The fourth-order valence-electron chi connectivity index (χ4n) is 2.70. The van der Waals surface area contributed by atoms with Gasteiger partial charge in [-0.1, -0.05) is 24.3 Å². The van der Waals surface area contributed by atoms with Crippen molar-refractivity contribution >= 4 is 46.3 Å². The summed E-state index contributed by atoms with van der Waals surface area (Å²) in [5, 5.41) is 0.584. The Bertz CT molecular complexity index is 1020. The van der Waals surface area contributed by atoms with E-state index >= 15 is 0 Å². The Labute approximate surface area is 180 Å². The predicted octanol–water partition coefficient (Wildman–Crippen LogP) is 4.33. The maximum absolute atomic E-state index is 12.5. The summed E-state index contributed by atoms with van der Waals surface area (Å²) < 4.78 is 4.69. The fourth-order valence-corrected chi connectivity index (χ4v) is 3.63. The van der Waals surface area contributed by atoms with E-state index in [9.17, 15) is 9.59 Å². The largest absolute Gasteiger partial charge is 0.465 e. The number of methoxy groups -OCH3 is 1. The molecule has 1 aliphatic heterocycles. The second-order valence-electron chi connectivity index (χ2n) is 6.78. The molecule has 6 nitrogen and oxygen atoms in total. The van der Waals surface area contributed by atoms with Gasteiger partial charge in [0.1, 0.15) is 0 Å². The SMILES string of the molecule is COC(=O)c1ccc(N=C2SC(=CC=Cc3ccc(N(C)C)cc3)C(=O)N2C)cc1. The van der Waals surface area contributed by atoms with Crippen LogP contribution < -0.4 is 4.90 Å². The Balaban J connectivity index is 1.71. The molecule has 0 aliphatic carbocycles. The van der Waals surface area contributed by atoms with Gasteiger partial charge in [0.2, 0.25) is 0 Å². The molecular formula is C23H23N3O3S. The van der Waals surface area contributed by atoms with Crippen LogP contribution in [0.3, 0.4) is 0 Å². The van der Waals surface area contributed by atoms with Crippen LogP contribution in [0.1, 0.15) is 15.9 Å². The van der Waals surface area contributed by atoms with Crippen LogP contribution in [0.25, 0.3) is 6.08 Å². The van der Waals surface area contributed by atoms with Gasteiger partial charge in [0, 0.05) is 26.8 Å². The summed E-state index contributed by atoms with van der Waals surface area (Å²) in [5.74, 6) is -0.498. The van der Waals surface area contributed by atoms with Crippen LogP contribution in [0.5, 0.6) is 0 Å². The topological polar surface area (TPSA) is 62.2 Å². The van der Waals surface area contributed by atoms with Crippen molar-refractivity contribution in [3.8, 4) is 0 Å². The molecule has 2 aromatic rings. The van der Waals surface area contributed by atoms with Crippen LogP contribution in [0, 0.1) is 0 Å². The van der Waals surface area contributed by atoms with Crippen LogP contribution >= 0.6 is 11.8 Å². The number of carbonyl (C=O) groups is 2. The molecule has 1 fully saturated rings. The van der Waals surface area contributed by atoms with E-state index in [-0.39, 0.29) is 5.91 Å². The maximum atomic E-state index is 12.5. The molecule has 0 bridgehead atoms. The Morgan fingerprint density at radius 3 is 2.37 bits per heavy atom. The monoisotopic (exact) mass is 421 g/mol. The molecule has 1 heterocycles. The van der Waals surface area contributed by atoms with E-state index in [1.165, 1.54) is 23.8 Å². The molecule has 0 unspecified atom stereocenters. The first-order valence-corrected chi connectivity index (χ1v) is 10.1. The highest BCUT2D eigenvalue weighted by Gasteiger charge is 2.29. The first kappa shape index (κ1) is 21.4. The molecule has 0 saturated carbocycles. The number of hydrogen-bond acceptors (Lipinski definition) is 6. The number of amides is 1. The third-order valence-electron chi connectivity index (χ3n) is 4.46. The number of benzene rings is 2. The molecule has 0 radical (unpaired) electrons. The lowest BCUT2D eigenvalue weighted by molar-refractivity contribution is -0.121. The third-order valence-corrected chi connectivity index (χ3v) is 5.54. The van der Waals surface area contributed by atoms with E-state index in [0.717, 1.165) is 11.3 Å². The minimum absolute atomic E-state index is 0.0995. The van der Waals surface area contributed by atoms with Crippen molar-refractivity contribution in [1.29, 1.82) is 0 Å². The molecule has 1 amide bonds. The average Bonchev–Trinajstić information content (AvgIpc) is 3.02. The number of esters is 1. The molecule has 0 atom stereocenters. The van der Waals surface area contributed by atoms with Crippen LogP contribution in [0.4, 0.5) is 11.4 Å². The van der Waals surface area contributed by atoms with Gasteiger partial charge in [-0.3, -0.25) is 9.69 Å². The van der Waals surface area contributed by atoms with Crippen molar-refractivity contribution in [1.82, 2.24) is 4.90 Å². The first-order valence-electron chi connectivity index (χ1n) is 9.28. The lowest BCUT2D eigenvalue weighted by Gasteiger charge is -2.11. The molecule has 1 saturated heterocycles. The lowest BCUT2D eigenvalue weighted by Crippen LogP contribution is -2.23. The van der Waals surface area contributed by atoms with Crippen LogP contribution in [0.15, 0.2) is 70.6 Å². The number of ether oxygens (including phenoxy) is 1. The smallest absolute Gasteiger partial charge is 0.337 e. The second-order valence-corrected chi connectivity index (χ2v) is 7.78. The van der Waals surface area contributed by atoms with E-state index in [1.54, 1.807) is 37.4 Å². The number of thioether (sulfide) groups is 1. The van der Waals surface area contributed by atoms with Gasteiger partial charge >= 0.3 is 5.97 Å². The van der Waals surface area contributed by atoms with Crippen LogP contribution in [0.2, 0.25) is 0 Å². The molecule has 0 aromatic heterocycles. The first-order chi connectivity index (χ1) is 14.4. The zero-order valence-corrected chi connectivity index (χ0v) is 18.1. The van der Waals surface area contributed by atoms with E-state index < -0.39 is 5.97 Å². The number of nitrogens with zero attached hydrogens (tertiary/aromatic N) is 3. The van der Waals surface area contributed by atoms with Crippen LogP contribution in [-0.4, -0.2) is 50.2 Å². The fraction of sp³-hybridized carbons (Fsp3) is 0.174. The van der Waals surface area contributed by atoms with E-state index in [4.69, 9.17) is 4.74 Å². The number of likely N-dealkylation sites (N-methyl/N-ethyl adjacent to an activating group) is 1. The van der Waals surface area contributed by atoms with Gasteiger partial charge in [0.15, 0.2) is 5.17 Å². The van der Waals surface area contributed by atoms with Gasteiger partial charge in [-0.25, -0.2) is 9.79 Å². The van der Waals surface area contributed by atoms with E-state index in [1.807, 2.05) is 55.4 Å². The number of anilines is 1. The molecule has 0 spiro atoms. The number of allylic oxidation sites excluding steroid dienone is 2. The molecule has 154 valence electrons. The maximum Gasteiger partial charge on any atom is 0.337 e. The molecule has 7 heteroatoms. The Morgan fingerprint density at radius 1 is 1.10 bits per heavy atom. The highest BCUT2D eigenvalue weighted by atomic mass is 32.2. The van der Waals surface area contributed by atoms with Gasteiger partial charge in [-0.2, -0.15) is 0 Å². The summed E-state index contributed by atoms with van der Waals surface area (Å²) in [7, 11) is 7.04. The summed E-state index contributed by atoms with van der Waals surface area (Å²) in [4.78, 5) is 32.7. The van der Waals surface area contributed by atoms with Crippen molar-refractivity contribution in [2.75, 3.05) is 33.2 Å². The highest BCUT2D eigenvalue weighted by molar-refractivity contribution is 8.18. The van der Waals surface area contributed by atoms with Gasteiger partial charge < -0.3 is 9.64 Å². The molecular weight excluding hydrogens is 398 g/mol. The summed E-state index contributed by atoms with van der Waals surface area (Å²) in [6.07, 6.45) is 5.63. The molecule has 0 N–H and O–H groups in total. The van der Waals surface area contributed by atoms with Gasteiger partial charge in [-0.15, -0.1) is 0 Å². The van der Waals surface area contributed by atoms with Crippen molar-refractivity contribution < 1.29 is 14.3 Å². The number of amidine groups is 1. The summed E-state index contributed by atoms with van der Waals surface area (Å²) in [6, 6.07) is 14.9. The zero-order chi connectivity index (χ0) is 21.7. The molecule has 3 rings (SSSR count). The quantitative estimate of drug-likeness (QED) is 0.531. The summed E-state index contributed by atoms with van der Waals surface area (Å²) in [5.41, 5.74) is 3.30. The lowest BCUT2D eigenvalue weighted by atomic mass is 10.2. The average molecular weight is 422 g/mol. The highest BCUT2D eigenvalue weighted by Crippen LogP contribution is 2.31. The standard InChI is InChI=1S/C23H23N3O3S/c1-25(2)19-14-8-16(9-15-19)6-5-7-20-21(27)26(3)23(30-20)24-18-12-10-17(11-13-18)22(28)29-4/h5-15H,1-4H3. The third kappa shape index (κ3) is 4.99. The minimum Gasteiger partial charge on any atom is -0.465 e. The molecule has 2 aromatic carbocycles. The van der Waals surface area contributed by atoms with Crippen molar-refractivity contribution in [3.05, 3.63) is 76.7 Å². The van der Waals surface area contributed by atoms with Gasteiger partial charge in [0.05, 0.1) is 23.3 Å². The summed E-state index contributed by atoms with van der Waals surface area (Å²) in [6.45, 7) is 0. The number of rotatable bonds is 5. The number of hydrogen-bond donors (Lipinski definition) is 0. The summed E-state index contributed by atoms with van der Waals surface area (Å²) >= 11 is 1.32. The number of aliphatic imine (C=N–C) groups is 1. The molecule has 1 aliphatic rings. The Hall–Kier alpha value is -3.32. The van der Waals surface area contributed by atoms with E-state index in [2.05, 4.69) is 4.99 Å². The van der Waals surface area contributed by atoms with E-state index in [0.29, 0.717) is 21.3 Å². The number of carbonyl (C=O) groups excluding carboxylic acids is 2. The minimum atomic E-state index is -0.398. The Morgan fingerprint density at radius 2 is 1.77 bits per heavy atom. The van der Waals surface area contributed by atoms with Crippen molar-refractivity contribution in [3.63, 3.8) is 0 Å². The predicted molar refractivity (Wildman–Crippen MR) is 123 cm³/mol. The second kappa shape index (κ2) is 9.45. The van der Waals surface area contributed by atoms with Gasteiger partial charge in [0.25, 0.3) is 5.91 Å². The molecule has 30 heavy (non-hydrogen) atoms.